The first-order valence-corrected chi connectivity index (χ1v) is 9.10. The second-order valence-electron chi connectivity index (χ2n) is 6.10. The summed E-state index contributed by atoms with van der Waals surface area (Å²) >= 11 is 0. The highest BCUT2D eigenvalue weighted by atomic mass is 16.5. The van der Waals surface area contributed by atoms with Crippen LogP contribution in [0, 0.1) is 11.3 Å². The molecule has 1 aromatic heterocycles. The average molecular weight is 361 g/mol. The summed E-state index contributed by atoms with van der Waals surface area (Å²) in [4.78, 5) is 4.67. The Bertz CT molecular complexity index is 1010. The predicted octanol–water partition coefficient (Wildman–Crippen LogP) is 4.92. The monoisotopic (exact) mass is 361 g/mol. The number of benzene rings is 2. The fraction of sp³-hybridized carbons (Fsp3) is 0.273. The first kappa shape index (κ1) is 18.5. The lowest BCUT2D eigenvalue weighted by Crippen LogP contribution is -2.00. The minimum atomic E-state index is 0.511. The van der Waals surface area contributed by atoms with Gasteiger partial charge in [-0.3, -0.25) is 0 Å². The van der Waals surface area contributed by atoms with Crippen LogP contribution in [0.1, 0.15) is 31.7 Å². The van der Waals surface area contributed by atoms with Crippen LogP contribution in [0.3, 0.4) is 0 Å². The van der Waals surface area contributed by atoms with E-state index in [0.717, 1.165) is 29.6 Å². The van der Waals surface area contributed by atoms with Gasteiger partial charge in [0.2, 0.25) is 0 Å². The molecule has 138 valence electrons. The van der Waals surface area contributed by atoms with Gasteiger partial charge in [0.25, 0.3) is 0 Å². The van der Waals surface area contributed by atoms with Gasteiger partial charge in [-0.2, -0.15) is 5.26 Å². The number of fused-ring (bicyclic) bond motifs is 1. The van der Waals surface area contributed by atoms with Crippen LogP contribution in [0.15, 0.2) is 42.5 Å². The maximum atomic E-state index is 9.76. The zero-order chi connectivity index (χ0) is 19.2. The van der Waals surface area contributed by atoms with Gasteiger partial charge in [-0.25, -0.2) is 4.98 Å². The summed E-state index contributed by atoms with van der Waals surface area (Å²) in [7, 11) is 1.61. The van der Waals surface area contributed by atoms with Gasteiger partial charge in [0, 0.05) is 6.54 Å². The third kappa shape index (κ3) is 3.80. The summed E-state index contributed by atoms with van der Waals surface area (Å²) in [5.74, 6) is 2.03. The van der Waals surface area contributed by atoms with Gasteiger partial charge < -0.3 is 14.0 Å². The number of hydrogen-bond donors (Lipinski definition) is 0. The molecule has 0 amide bonds. The molecule has 0 saturated heterocycles. The Kier molecular flexibility index (Phi) is 5.77. The van der Waals surface area contributed by atoms with Crippen LogP contribution in [-0.2, 0) is 6.54 Å². The van der Waals surface area contributed by atoms with E-state index in [1.807, 2.05) is 48.5 Å². The predicted molar refractivity (Wildman–Crippen MR) is 108 cm³/mol. The summed E-state index contributed by atoms with van der Waals surface area (Å²) in [6.45, 7) is 5.48. The number of aromatic nitrogens is 2. The minimum Gasteiger partial charge on any atom is -0.493 e. The number of methoxy groups -OCH3 is 1. The van der Waals surface area contributed by atoms with Crippen LogP contribution >= 0.6 is 0 Å². The van der Waals surface area contributed by atoms with Gasteiger partial charge in [-0.05, 0) is 49.2 Å². The molecule has 1 heterocycles. The van der Waals surface area contributed by atoms with E-state index in [-0.39, 0.29) is 0 Å². The van der Waals surface area contributed by atoms with Crippen molar-refractivity contribution in [1.29, 1.82) is 5.26 Å². The average Bonchev–Trinajstić information content (AvgIpc) is 3.09. The van der Waals surface area contributed by atoms with Gasteiger partial charge >= 0.3 is 0 Å². The molecule has 0 unspecified atom stereocenters. The second-order valence-corrected chi connectivity index (χ2v) is 6.10. The van der Waals surface area contributed by atoms with E-state index in [2.05, 4.69) is 29.5 Å². The Morgan fingerprint density at radius 3 is 2.70 bits per heavy atom. The molecule has 5 heteroatoms. The molecule has 0 saturated carbocycles. The number of rotatable bonds is 7. The van der Waals surface area contributed by atoms with Crippen molar-refractivity contribution >= 4 is 22.7 Å². The van der Waals surface area contributed by atoms with Crippen LogP contribution in [-0.4, -0.2) is 23.3 Å². The van der Waals surface area contributed by atoms with Crippen LogP contribution in [0.25, 0.3) is 22.7 Å². The van der Waals surface area contributed by atoms with Crippen molar-refractivity contribution < 1.29 is 9.47 Å². The van der Waals surface area contributed by atoms with Gasteiger partial charge in [0.1, 0.15) is 6.07 Å². The van der Waals surface area contributed by atoms with Crippen molar-refractivity contribution in [3.63, 3.8) is 0 Å². The molecule has 0 fully saturated rings. The number of nitriles is 1. The highest BCUT2D eigenvalue weighted by Gasteiger charge is 2.14. The lowest BCUT2D eigenvalue weighted by atomic mass is 10.1. The summed E-state index contributed by atoms with van der Waals surface area (Å²) in [6, 6.07) is 15.9. The number of imidazole rings is 1. The summed E-state index contributed by atoms with van der Waals surface area (Å²) in [5, 5.41) is 9.76. The first-order valence-electron chi connectivity index (χ1n) is 9.10. The Morgan fingerprint density at radius 1 is 1.19 bits per heavy atom. The maximum absolute atomic E-state index is 9.76. The summed E-state index contributed by atoms with van der Waals surface area (Å²) in [6.07, 6.45) is 2.76. The van der Waals surface area contributed by atoms with Crippen LogP contribution in [0.4, 0.5) is 0 Å². The Morgan fingerprint density at radius 2 is 2.00 bits per heavy atom. The third-order valence-electron chi connectivity index (χ3n) is 4.29. The molecule has 0 bridgehead atoms. The first-order chi connectivity index (χ1) is 13.2. The quantitative estimate of drug-likeness (QED) is 0.561. The lowest BCUT2D eigenvalue weighted by molar-refractivity contribution is 0.294. The van der Waals surface area contributed by atoms with Crippen LogP contribution < -0.4 is 9.47 Å². The normalized spacial score (nSPS) is 11.4. The highest BCUT2D eigenvalue weighted by molar-refractivity contribution is 5.91. The molecule has 0 N–H and O–H groups in total. The Labute approximate surface area is 159 Å². The number of nitrogens with zero attached hydrogens (tertiary/aromatic N) is 3. The highest BCUT2D eigenvalue weighted by Crippen LogP contribution is 2.30. The molecule has 5 nitrogen and oxygen atoms in total. The second kappa shape index (κ2) is 8.41. The fourth-order valence-electron chi connectivity index (χ4n) is 3.02. The maximum Gasteiger partial charge on any atom is 0.161 e. The van der Waals surface area contributed by atoms with Crippen molar-refractivity contribution in [2.75, 3.05) is 13.7 Å². The SMILES string of the molecule is CCCOc1ccc(/C=C(/C#N)c2nc3ccccc3n2CC)cc1OC. The van der Waals surface area contributed by atoms with Crippen molar-refractivity contribution in [3.05, 3.63) is 53.9 Å². The number of aryl methyl sites for hydroxylation is 1. The molecule has 0 radical (unpaired) electrons. The minimum absolute atomic E-state index is 0.511. The summed E-state index contributed by atoms with van der Waals surface area (Å²) < 4.78 is 13.2. The number of ether oxygens (including phenoxy) is 2. The molecule has 27 heavy (non-hydrogen) atoms. The van der Waals surface area contributed by atoms with Crippen molar-refractivity contribution in [3.8, 4) is 17.6 Å². The molecule has 0 aliphatic rings. The van der Waals surface area contributed by atoms with E-state index < -0.39 is 0 Å². The van der Waals surface area contributed by atoms with E-state index in [1.54, 1.807) is 7.11 Å². The van der Waals surface area contributed by atoms with Crippen molar-refractivity contribution in [1.82, 2.24) is 9.55 Å². The summed E-state index contributed by atoms with van der Waals surface area (Å²) in [5.41, 5.74) is 3.28. The van der Waals surface area contributed by atoms with Crippen molar-refractivity contribution in [2.45, 2.75) is 26.8 Å². The molecular weight excluding hydrogens is 338 g/mol. The molecule has 3 rings (SSSR count). The van der Waals surface area contributed by atoms with E-state index in [1.165, 1.54) is 0 Å². The topological polar surface area (TPSA) is 60.1 Å². The molecule has 0 aliphatic heterocycles. The van der Waals surface area contributed by atoms with Gasteiger partial charge in [-0.1, -0.05) is 25.1 Å². The van der Waals surface area contributed by atoms with Crippen molar-refractivity contribution in [2.24, 2.45) is 0 Å². The molecule has 0 spiro atoms. The molecule has 0 atom stereocenters. The largest absolute Gasteiger partial charge is 0.493 e. The van der Waals surface area contributed by atoms with E-state index in [9.17, 15) is 5.26 Å². The number of hydrogen-bond acceptors (Lipinski definition) is 4. The smallest absolute Gasteiger partial charge is 0.161 e. The van der Waals surface area contributed by atoms with Crippen LogP contribution in [0.2, 0.25) is 0 Å². The molecular formula is C22H23N3O2. The van der Waals surface area contributed by atoms with E-state index in [4.69, 9.17) is 9.47 Å². The van der Waals surface area contributed by atoms with E-state index in [0.29, 0.717) is 29.5 Å². The van der Waals surface area contributed by atoms with Gasteiger partial charge in [0.15, 0.2) is 17.3 Å². The number of para-hydroxylation sites is 2. The third-order valence-corrected chi connectivity index (χ3v) is 4.29. The lowest BCUT2D eigenvalue weighted by Gasteiger charge is -2.11. The Balaban J connectivity index is 2.04. The molecule has 0 aliphatic carbocycles. The van der Waals surface area contributed by atoms with Crippen LogP contribution in [0.5, 0.6) is 11.5 Å². The zero-order valence-corrected chi connectivity index (χ0v) is 15.9. The zero-order valence-electron chi connectivity index (χ0n) is 15.9. The fourth-order valence-corrected chi connectivity index (χ4v) is 3.02. The Hall–Kier alpha value is -3.26. The van der Waals surface area contributed by atoms with Gasteiger partial charge in [-0.15, -0.1) is 0 Å². The van der Waals surface area contributed by atoms with Gasteiger partial charge in [0.05, 0.1) is 30.3 Å². The standard InChI is InChI=1S/C22H23N3O2/c1-4-12-27-20-11-10-16(14-21(20)26-3)13-17(15-23)22-24-18-8-6-7-9-19(18)25(22)5-2/h6-11,13-14H,4-5,12H2,1-3H3/b17-13-. The number of allylic oxidation sites excluding steroid dienone is 1. The van der Waals surface area contributed by atoms with E-state index >= 15 is 0 Å². The molecule has 3 aromatic rings. The molecule has 2 aromatic carbocycles.